The van der Waals surface area contributed by atoms with Gasteiger partial charge in [0.25, 0.3) is 0 Å². The summed E-state index contributed by atoms with van der Waals surface area (Å²) in [5, 5.41) is 8.95. The molecule has 4 fully saturated rings. The molecule has 0 spiro atoms. The van der Waals surface area contributed by atoms with Crippen LogP contribution in [-0.4, -0.2) is 5.11 Å². The summed E-state index contributed by atoms with van der Waals surface area (Å²) >= 11 is 18.1. The summed E-state index contributed by atoms with van der Waals surface area (Å²) in [4.78, 5) is 0. The zero-order chi connectivity index (χ0) is 17.2. The lowest BCUT2D eigenvalue weighted by Crippen LogP contribution is -2.53. The Hall–Kier alpha value is -0.770. The van der Waals surface area contributed by atoms with Crippen LogP contribution in [0.25, 0.3) is 0 Å². The summed E-state index contributed by atoms with van der Waals surface area (Å²) in [5.74, 6) is 2.74. The van der Waals surface area contributed by atoms with Crippen molar-refractivity contribution in [2.24, 2.45) is 23.2 Å². The lowest BCUT2D eigenvalue weighted by atomic mass is 9.48. The Morgan fingerprint density at radius 1 is 1.00 bits per heavy atom. The second-order valence-corrected chi connectivity index (χ2v) is 9.77. The number of allylic oxidation sites excluding steroid dienone is 1. The van der Waals surface area contributed by atoms with Gasteiger partial charge in [-0.2, -0.15) is 0 Å². The number of nitrogens with one attached hydrogen (secondary N) is 2. The van der Waals surface area contributed by atoms with E-state index in [0.717, 1.165) is 23.3 Å². The minimum Gasteiger partial charge on any atom is -0.352 e. The molecule has 2 N–H and O–H groups in total. The second kappa shape index (κ2) is 5.87. The molecule has 132 valence electrons. The van der Waals surface area contributed by atoms with Gasteiger partial charge in [-0.3, -0.25) is 0 Å². The first-order chi connectivity index (χ1) is 12.0. The highest BCUT2D eigenvalue weighted by Crippen LogP contribution is 2.62. The molecule has 0 unspecified atom stereocenters. The predicted octanol–water partition coefficient (Wildman–Crippen LogP) is 5.61. The van der Waals surface area contributed by atoms with E-state index in [4.69, 9.17) is 35.4 Å². The number of rotatable bonds is 2. The van der Waals surface area contributed by atoms with Gasteiger partial charge in [0.2, 0.25) is 0 Å². The van der Waals surface area contributed by atoms with Crippen LogP contribution in [0.1, 0.15) is 50.1 Å². The van der Waals surface area contributed by atoms with Crippen molar-refractivity contribution in [2.45, 2.75) is 44.6 Å². The molecule has 1 atom stereocenters. The monoisotopic (exact) mass is 392 g/mol. The fraction of sp³-hybridized carbons (Fsp3) is 0.550. The van der Waals surface area contributed by atoms with Crippen LogP contribution in [0.5, 0.6) is 0 Å². The van der Waals surface area contributed by atoms with Gasteiger partial charge in [-0.15, -0.1) is 0 Å². The van der Waals surface area contributed by atoms with Crippen molar-refractivity contribution in [3.63, 3.8) is 0 Å². The van der Waals surface area contributed by atoms with E-state index < -0.39 is 0 Å². The van der Waals surface area contributed by atoms with E-state index in [0.29, 0.717) is 20.6 Å². The Morgan fingerprint density at radius 2 is 1.64 bits per heavy atom. The highest BCUT2D eigenvalue weighted by atomic mass is 35.5. The minimum absolute atomic E-state index is 0.0153. The van der Waals surface area contributed by atoms with Gasteiger partial charge in [-0.25, -0.2) is 0 Å². The zero-order valence-corrected chi connectivity index (χ0v) is 16.4. The SMILES string of the molecule is S=C1NC(C23CC4CC(CC(C4)C2)C3)=C[C@@H](c2ccc(Cl)cc2Cl)N1. The van der Waals surface area contributed by atoms with Gasteiger partial charge in [0.1, 0.15) is 0 Å². The quantitative estimate of drug-likeness (QED) is 0.639. The normalized spacial score (nSPS) is 39.0. The zero-order valence-electron chi connectivity index (χ0n) is 14.0. The topological polar surface area (TPSA) is 24.1 Å². The molecule has 4 saturated carbocycles. The molecule has 1 aromatic rings. The number of benzene rings is 1. The van der Waals surface area contributed by atoms with Gasteiger partial charge in [-0.05, 0) is 92.3 Å². The van der Waals surface area contributed by atoms with E-state index >= 15 is 0 Å². The van der Waals surface area contributed by atoms with Gasteiger partial charge < -0.3 is 10.6 Å². The molecule has 5 aliphatic rings. The maximum atomic E-state index is 6.46. The average Bonchev–Trinajstić information content (AvgIpc) is 2.53. The summed E-state index contributed by atoms with van der Waals surface area (Å²) in [5.41, 5.74) is 2.68. The highest BCUT2D eigenvalue weighted by molar-refractivity contribution is 7.80. The van der Waals surface area contributed by atoms with E-state index in [1.807, 2.05) is 18.2 Å². The predicted molar refractivity (Wildman–Crippen MR) is 107 cm³/mol. The van der Waals surface area contributed by atoms with Crippen LogP contribution in [0.4, 0.5) is 0 Å². The van der Waals surface area contributed by atoms with Crippen molar-refractivity contribution < 1.29 is 0 Å². The molecule has 0 radical (unpaired) electrons. The van der Waals surface area contributed by atoms with Gasteiger partial charge in [0.15, 0.2) is 5.11 Å². The van der Waals surface area contributed by atoms with Gasteiger partial charge >= 0.3 is 0 Å². The van der Waals surface area contributed by atoms with Crippen LogP contribution in [0.15, 0.2) is 30.0 Å². The van der Waals surface area contributed by atoms with Crippen LogP contribution in [0.2, 0.25) is 10.0 Å². The summed E-state index contributed by atoms with van der Waals surface area (Å²) < 4.78 is 0. The second-order valence-electron chi connectivity index (χ2n) is 8.52. The standard InChI is InChI=1S/C20H22Cl2N2S/c21-14-1-2-15(16(22)6-14)17-7-18(24-19(25)23-17)20-8-11-3-12(9-20)5-13(4-11)10-20/h1-2,6-7,11-13,17H,3-5,8-10H2,(H2,23,24,25)/t11?,12?,13?,17-,20?/m0/s1. The first-order valence-electron chi connectivity index (χ1n) is 9.25. The summed E-state index contributed by atoms with van der Waals surface area (Å²) in [6.45, 7) is 0. The number of hydrogen-bond donors (Lipinski definition) is 2. The Labute approximate surface area is 164 Å². The molecule has 0 aromatic heterocycles. The molecule has 1 heterocycles. The van der Waals surface area contributed by atoms with E-state index in [9.17, 15) is 0 Å². The smallest absolute Gasteiger partial charge is 0.171 e. The summed E-state index contributed by atoms with van der Waals surface area (Å²) in [7, 11) is 0. The molecule has 1 aromatic carbocycles. The molecular weight excluding hydrogens is 371 g/mol. The van der Waals surface area contributed by atoms with Crippen LogP contribution in [0, 0.1) is 23.2 Å². The van der Waals surface area contributed by atoms with Crippen molar-refractivity contribution in [1.82, 2.24) is 10.6 Å². The van der Waals surface area contributed by atoms with Crippen molar-refractivity contribution in [2.75, 3.05) is 0 Å². The summed E-state index contributed by atoms with van der Waals surface area (Å²) in [6.07, 6.45) is 10.6. The molecular formula is C20H22Cl2N2S. The van der Waals surface area contributed by atoms with E-state index in [-0.39, 0.29) is 6.04 Å². The van der Waals surface area contributed by atoms with Gasteiger partial charge in [-0.1, -0.05) is 29.3 Å². The molecule has 0 saturated heterocycles. The third kappa shape index (κ3) is 2.79. The number of hydrogen-bond acceptors (Lipinski definition) is 1. The fourth-order valence-corrected chi connectivity index (χ4v) is 6.98. The minimum atomic E-state index is 0.0153. The van der Waals surface area contributed by atoms with E-state index in [1.165, 1.54) is 44.2 Å². The number of thiocarbonyl (C=S) groups is 1. The lowest BCUT2D eigenvalue weighted by molar-refractivity contribution is -0.0331. The molecule has 5 heteroatoms. The average molecular weight is 393 g/mol. The van der Waals surface area contributed by atoms with Crippen LogP contribution >= 0.6 is 35.4 Å². The fourth-order valence-electron chi connectivity index (χ4n) is 6.22. The van der Waals surface area contributed by atoms with Crippen LogP contribution in [-0.2, 0) is 0 Å². The van der Waals surface area contributed by atoms with Gasteiger partial charge in [0, 0.05) is 21.2 Å². The Bertz CT molecular complexity index is 738. The van der Waals surface area contributed by atoms with Crippen molar-refractivity contribution >= 4 is 40.5 Å². The number of halogens is 2. The van der Waals surface area contributed by atoms with Crippen LogP contribution in [0.3, 0.4) is 0 Å². The lowest BCUT2D eigenvalue weighted by Gasteiger charge is -2.58. The first kappa shape index (κ1) is 16.4. The van der Waals surface area contributed by atoms with Crippen molar-refractivity contribution in [3.05, 3.63) is 45.6 Å². The first-order valence-corrected chi connectivity index (χ1v) is 10.4. The molecule has 25 heavy (non-hydrogen) atoms. The van der Waals surface area contributed by atoms with Crippen LogP contribution < -0.4 is 10.6 Å². The Balaban J connectivity index is 1.52. The highest BCUT2D eigenvalue weighted by Gasteiger charge is 2.53. The Kier molecular flexibility index (Phi) is 3.85. The molecule has 4 bridgehead atoms. The van der Waals surface area contributed by atoms with Crippen molar-refractivity contribution in [3.8, 4) is 0 Å². The molecule has 2 nitrogen and oxygen atoms in total. The largest absolute Gasteiger partial charge is 0.352 e. The van der Waals surface area contributed by atoms with E-state index in [2.05, 4.69) is 16.7 Å². The third-order valence-corrected chi connectivity index (χ3v) is 7.56. The third-order valence-electron chi connectivity index (χ3n) is 6.78. The Morgan fingerprint density at radius 3 is 2.24 bits per heavy atom. The maximum absolute atomic E-state index is 6.46. The molecule has 1 aliphatic heterocycles. The molecule has 6 rings (SSSR count). The van der Waals surface area contributed by atoms with Crippen molar-refractivity contribution in [1.29, 1.82) is 0 Å². The molecule has 0 amide bonds. The maximum Gasteiger partial charge on any atom is 0.171 e. The molecule has 4 aliphatic carbocycles. The summed E-state index contributed by atoms with van der Waals surface area (Å²) in [6, 6.07) is 5.72. The van der Waals surface area contributed by atoms with Gasteiger partial charge in [0.05, 0.1) is 6.04 Å². The van der Waals surface area contributed by atoms with E-state index in [1.54, 1.807) is 0 Å².